The van der Waals surface area contributed by atoms with Gasteiger partial charge in [0.25, 0.3) is 0 Å². The third-order valence-corrected chi connectivity index (χ3v) is 9.54. The number of carbonyl (C=O) groups is 8. The minimum atomic E-state index is -1.36. The first kappa shape index (κ1) is 48.6. The highest BCUT2D eigenvalue weighted by Gasteiger charge is 2.34. The maximum atomic E-state index is 14.1. The first-order chi connectivity index (χ1) is 27.6. The van der Waals surface area contributed by atoms with Crippen LogP contribution >= 0.6 is 11.6 Å². The second-order valence-electron chi connectivity index (χ2n) is 14.0. The van der Waals surface area contributed by atoms with Crippen LogP contribution in [0.15, 0.2) is 29.3 Å². The molecule has 1 heterocycles. The first-order valence-corrected chi connectivity index (χ1v) is 19.8. The van der Waals surface area contributed by atoms with Crippen LogP contribution in [-0.4, -0.2) is 109 Å². The van der Waals surface area contributed by atoms with Crippen LogP contribution in [-0.2, 0) is 44.8 Å². The molecule has 0 aromatic heterocycles. The number of hydrogen-bond acceptors (Lipinski definition) is 10. The lowest BCUT2D eigenvalue weighted by atomic mass is 10.0. The highest BCUT2D eigenvalue weighted by molar-refractivity contribution is 6.31. The molecule has 2 rings (SSSR count). The van der Waals surface area contributed by atoms with Crippen molar-refractivity contribution < 1.29 is 38.4 Å². The standard InChI is InChI=1S/C37H59ClN12O8/c1-3-4-11-25(45-21(2)51)32(54)49-28-14-15-30(52)43-19-16-24(31(40)53)46-33(55)27(13-8-18-44-37(41)42)48-36(58)29(20-22-9-5-6-10-23(22)38)50-34(56)26(12-7-17-39)47-35(28)57/h5-6,9-10,24-29H,3-4,7-8,11-20,39H2,1-2H3,(H2,40,53)(H,43,52)(H,45,51)(H,46,55)(H,47,57)(H,48,58)(H,49,54)(H,50,56)(H4,41,42,44)/t24?,25-,26-,27?,28?,29?/m0/s1. The molecule has 4 unspecified atom stereocenters. The van der Waals surface area contributed by atoms with E-state index in [-0.39, 0.29) is 83.4 Å². The summed E-state index contributed by atoms with van der Waals surface area (Å²) in [6.45, 7) is 3.28. The van der Waals surface area contributed by atoms with Crippen molar-refractivity contribution in [1.82, 2.24) is 37.2 Å². The SMILES string of the molecule is CCCC[C@H](NC(C)=O)C(=O)NC1CCC(=O)NCCC(C(N)=O)NC(=O)C(CCCN=C(N)N)NC(=O)C(Cc2ccccc2Cl)NC(=O)[C@H](CCCN)NC1=O. The highest BCUT2D eigenvalue weighted by atomic mass is 35.5. The van der Waals surface area contributed by atoms with E-state index in [4.69, 9.17) is 34.5 Å². The van der Waals surface area contributed by atoms with Crippen LogP contribution in [0.2, 0.25) is 5.02 Å². The van der Waals surface area contributed by atoms with Crippen LogP contribution in [0.3, 0.4) is 0 Å². The highest BCUT2D eigenvalue weighted by Crippen LogP contribution is 2.18. The lowest BCUT2D eigenvalue weighted by molar-refractivity contribution is -0.135. The van der Waals surface area contributed by atoms with Crippen LogP contribution in [0.4, 0.5) is 0 Å². The Balaban J connectivity index is 2.61. The third kappa shape index (κ3) is 17.7. The van der Waals surface area contributed by atoms with Crippen molar-refractivity contribution in [2.24, 2.45) is 27.9 Å². The van der Waals surface area contributed by atoms with E-state index in [2.05, 4.69) is 42.2 Å². The molecule has 1 fully saturated rings. The minimum absolute atomic E-state index is 0.00708. The van der Waals surface area contributed by atoms with Crippen LogP contribution in [0.1, 0.15) is 83.6 Å². The molecule has 0 saturated carbocycles. The number of benzene rings is 1. The fourth-order valence-electron chi connectivity index (χ4n) is 6.01. The fraction of sp³-hybridized carbons (Fsp3) is 0.595. The predicted octanol–water partition coefficient (Wildman–Crippen LogP) is -2.42. The lowest BCUT2D eigenvalue weighted by Gasteiger charge is -2.27. The number of carbonyl (C=O) groups excluding carboxylic acids is 8. The molecule has 15 N–H and O–H groups in total. The molecule has 6 atom stereocenters. The van der Waals surface area contributed by atoms with Gasteiger partial charge in [0.2, 0.25) is 47.3 Å². The number of nitrogens with one attached hydrogen (secondary N) is 7. The molecule has 58 heavy (non-hydrogen) atoms. The topological polar surface area (TPSA) is 337 Å². The van der Waals surface area contributed by atoms with Gasteiger partial charge < -0.3 is 60.2 Å². The van der Waals surface area contributed by atoms with Gasteiger partial charge in [0, 0.05) is 37.9 Å². The van der Waals surface area contributed by atoms with E-state index >= 15 is 0 Å². The number of hydrogen-bond donors (Lipinski definition) is 11. The summed E-state index contributed by atoms with van der Waals surface area (Å²) in [5, 5.41) is 18.6. The molecule has 1 saturated heterocycles. The van der Waals surface area contributed by atoms with Gasteiger partial charge in [-0.15, -0.1) is 0 Å². The molecule has 322 valence electrons. The number of guanidine groups is 1. The maximum Gasteiger partial charge on any atom is 0.243 e. The van der Waals surface area contributed by atoms with Gasteiger partial charge in [-0.25, -0.2) is 0 Å². The Morgan fingerprint density at radius 3 is 2.10 bits per heavy atom. The van der Waals surface area contributed by atoms with Gasteiger partial charge in [-0.2, -0.15) is 0 Å². The summed E-state index contributed by atoms with van der Waals surface area (Å²) in [5.41, 5.74) is 22.7. The molecule has 20 nitrogen and oxygen atoms in total. The van der Waals surface area contributed by atoms with Gasteiger partial charge >= 0.3 is 0 Å². The molecule has 1 aliphatic heterocycles. The summed E-state index contributed by atoms with van der Waals surface area (Å²) in [6.07, 6.45) is 1.28. The van der Waals surface area contributed by atoms with E-state index in [0.29, 0.717) is 17.0 Å². The summed E-state index contributed by atoms with van der Waals surface area (Å²) in [5.74, 6) is -5.98. The zero-order valence-electron chi connectivity index (χ0n) is 33.1. The molecular weight excluding hydrogens is 776 g/mol. The molecule has 21 heteroatoms. The van der Waals surface area contributed by atoms with Gasteiger partial charge in [-0.1, -0.05) is 49.6 Å². The molecule has 0 radical (unpaired) electrons. The van der Waals surface area contributed by atoms with Crippen LogP contribution in [0.5, 0.6) is 0 Å². The summed E-state index contributed by atoms with van der Waals surface area (Å²) < 4.78 is 0. The van der Waals surface area contributed by atoms with Gasteiger partial charge in [-0.3, -0.25) is 43.3 Å². The number of nitrogens with two attached hydrogens (primary N) is 4. The number of halogens is 1. The monoisotopic (exact) mass is 834 g/mol. The van der Waals surface area contributed by atoms with Crippen molar-refractivity contribution in [3.63, 3.8) is 0 Å². The average Bonchev–Trinajstić information content (AvgIpc) is 3.16. The zero-order chi connectivity index (χ0) is 43.2. The number of nitrogens with zero attached hydrogens (tertiary/aromatic N) is 1. The molecule has 0 aliphatic carbocycles. The zero-order valence-corrected chi connectivity index (χ0v) is 33.8. The smallest absolute Gasteiger partial charge is 0.243 e. The van der Waals surface area contributed by atoms with Crippen LogP contribution in [0, 0.1) is 0 Å². The Bertz CT molecular complexity index is 1630. The summed E-state index contributed by atoms with van der Waals surface area (Å²) in [6, 6.07) is -0.914. The van der Waals surface area contributed by atoms with Crippen molar-refractivity contribution in [3.05, 3.63) is 34.9 Å². The summed E-state index contributed by atoms with van der Waals surface area (Å²) in [4.78, 5) is 110. The van der Waals surface area contributed by atoms with Crippen LogP contribution in [0.25, 0.3) is 0 Å². The molecular formula is C37H59ClN12O8. The summed E-state index contributed by atoms with van der Waals surface area (Å²) >= 11 is 6.45. The molecule has 1 aromatic carbocycles. The molecule has 8 amide bonds. The van der Waals surface area contributed by atoms with Crippen molar-refractivity contribution >= 4 is 64.8 Å². The molecule has 1 aliphatic rings. The van der Waals surface area contributed by atoms with E-state index in [0.717, 1.165) is 6.42 Å². The van der Waals surface area contributed by atoms with Gasteiger partial charge in [-0.05, 0) is 63.1 Å². The number of aliphatic imine (C=N–C) groups is 1. The van der Waals surface area contributed by atoms with E-state index in [9.17, 15) is 38.4 Å². The number of unbranched alkanes of at least 4 members (excludes halogenated alkanes) is 1. The van der Waals surface area contributed by atoms with Crippen molar-refractivity contribution in [1.29, 1.82) is 0 Å². The average molecular weight is 835 g/mol. The lowest BCUT2D eigenvalue weighted by Crippen LogP contribution is -2.60. The number of primary amides is 1. The van der Waals surface area contributed by atoms with Gasteiger partial charge in [0.1, 0.15) is 36.3 Å². The normalized spacial score (nSPS) is 21.9. The van der Waals surface area contributed by atoms with E-state index in [1.165, 1.54) is 6.92 Å². The van der Waals surface area contributed by atoms with Crippen LogP contribution < -0.4 is 60.2 Å². The molecule has 0 bridgehead atoms. The predicted molar refractivity (Wildman–Crippen MR) is 216 cm³/mol. The van der Waals surface area contributed by atoms with E-state index in [1.807, 2.05) is 6.92 Å². The fourth-order valence-corrected chi connectivity index (χ4v) is 6.23. The number of amides is 8. The van der Waals surface area contributed by atoms with Crippen molar-refractivity contribution in [3.8, 4) is 0 Å². The molecule has 1 aromatic rings. The first-order valence-electron chi connectivity index (χ1n) is 19.4. The second kappa shape index (κ2) is 25.7. The van der Waals surface area contributed by atoms with E-state index < -0.39 is 83.5 Å². The van der Waals surface area contributed by atoms with E-state index in [1.54, 1.807) is 24.3 Å². The Hall–Kier alpha value is -5.50. The Labute approximate surface area is 342 Å². The van der Waals surface area contributed by atoms with Gasteiger partial charge in [0.15, 0.2) is 5.96 Å². The molecule has 0 spiro atoms. The van der Waals surface area contributed by atoms with Crippen molar-refractivity contribution in [2.45, 2.75) is 121 Å². The Morgan fingerprint density at radius 1 is 0.862 bits per heavy atom. The summed E-state index contributed by atoms with van der Waals surface area (Å²) in [7, 11) is 0. The quantitative estimate of drug-likeness (QED) is 0.0473. The minimum Gasteiger partial charge on any atom is -0.370 e. The van der Waals surface area contributed by atoms with Crippen molar-refractivity contribution in [2.75, 3.05) is 19.6 Å². The largest absolute Gasteiger partial charge is 0.370 e. The van der Waals surface area contributed by atoms with Gasteiger partial charge in [0.05, 0.1) is 0 Å². The Morgan fingerprint density at radius 2 is 1.48 bits per heavy atom. The Kier molecular flexibility index (Phi) is 21.5. The third-order valence-electron chi connectivity index (χ3n) is 9.17. The maximum absolute atomic E-state index is 14.1. The number of rotatable bonds is 16. The second-order valence-corrected chi connectivity index (χ2v) is 14.4.